The van der Waals surface area contributed by atoms with E-state index in [9.17, 15) is 14.7 Å². The molecule has 1 amide bonds. The van der Waals surface area contributed by atoms with Crippen molar-refractivity contribution in [2.75, 3.05) is 25.2 Å². The molecule has 1 aliphatic heterocycles. The van der Waals surface area contributed by atoms with Crippen LogP contribution in [0.5, 0.6) is 5.75 Å². The van der Waals surface area contributed by atoms with Gasteiger partial charge in [-0.3, -0.25) is 9.59 Å². The van der Waals surface area contributed by atoms with Crippen LogP contribution in [0.2, 0.25) is 0 Å². The topological polar surface area (TPSA) is 81.0 Å². The molecule has 1 unspecified atom stereocenters. The zero-order chi connectivity index (χ0) is 20.8. The van der Waals surface area contributed by atoms with Gasteiger partial charge in [-0.25, -0.2) is 6.92 Å². The number of aromatic nitrogens is 1. The molecule has 1 atom stereocenters. The number of pyridine rings is 1. The number of rotatable bonds is 7. The van der Waals surface area contributed by atoms with Crippen molar-refractivity contribution in [2.24, 2.45) is 0 Å². The summed E-state index contributed by atoms with van der Waals surface area (Å²) in [6, 6.07) is 11.5. The van der Waals surface area contributed by atoms with Crippen LogP contribution in [0.1, 0.15) is 18.4 Å². The van der Waals surface area contributed by atoms with E-state index in [0.717, 1.165) is 5.56 Å². The molecule has 0 saturated carbocycles. The standard InChI is InChI=1S/C22H24N2O5.K/c1-3-20(16-4-7-19(28-2)8-5-16)29-13-12-23-15-17(6-9-21(23)26)24-11-10-18(25)14-22(24)27;/h3-4,6-9,15,18,25H,1,10-14H2,2H3;/q-2;+1/b20-3+;. The van der Waals surface area contributed by atoms with Crippen molar-refractivity contribution in [3.05, 3.63) is 71.5 Å². The van der Waals surface area contributed by atoms with Crippen molar-refractivity contribution >= 4 is 17.4 Å². The zero-order valence-electron chi connectivity index (χ0n) is 17.3. The van der Waals surface area contributed by atoms with Crippen molar-refractivity contribution in [3.63, 3.8) is 0 Å². The Bertz CT molecular complexity index is 939. The fraction of sp³-hybridized carbons (Fsp3) is 0.318. The van der Waals surface area contributed by atoms with Crippen LogP contribution in [0.25, 0.3) is 5.76 Å². The Labute approximate surface area is 218 Å². The minimum atomic E-state index is -0.597. The Morgan fingerprint density at radius 3 is 2.77 bits per heavy atom. The van der Waals surface area contributed by atoms with Gasteiger partial charge in [0.05, 0.1) is 38.5 Å². The van der Waals surface area contributed by atoms with Crippen LogP contribution in [-0.4, -0.2) is 41.9 Å². The monoisotopic (exact) mass is 435 g/mol. The molecule has 1 aliphatic rings. The average Bonchev–Trinajstić information content (AvgIpc) is 2.73. The van der Waals surface area contributed by atoms with Gasteiger partial charge in [0.1, 0.15) is 0 Å². The molecule has 7 nitrogen and oxygen atoms in total. The van der Waals surface area contributed by atoms with Gasteiger partial charge in [0.15, 0.2) is 0 Å². The molecule has 0 bridgehead atoms. The number of piperidine rings is 1. The van der Waals surface area contributed by atoms with Gasteiger partial charge in [-0.15, -0.1) is 29.8 Å². The summed E-state index contributed by atoms with van der Waals surface area (Å²) in [5, 5.41) is 9.62. The molecular weight excluding hydrogens is 411 g/mol. The summed E-state index contributed by atoms with van der Waals surface area (Å²) in [4.78, 5) is 26.0. The number of ether oxygens (including phenoxy) is 2. The first kappa shape index (κ1) is 24.7. The van der Waals surface area contributed by atoms with Gasteiger partial charge >= 0.3 is 51.4 Å². The normalized spacial score (nSPS) is 16.7. The predicted molar refractivity (Wildman–Crippen MR) is 109 cm³/mol. The van der Waals surface area contributed by atoms with Crippen LogP contribution in [-0.2, 0) is 16.1 Å². The molecule has 8 heteroatoms. The number of nitrogens with zero attached hydrogens (tertiary/aromatic N) is 2. The summed E-state index contributed by atoms with van der Waals surface area (Å²) >= 11 is 0. The number of benzene rings is 1. The zero-order valence-corrected chi connectivity index (χ0v) is 20.5. The number of carbonyl (C=O) groups excluding carboxylic acids is 1. The second-order valence-corrected chi connectivity index (χ2v) is 6.67. The molecule has 0 radical (unpaired) electrons. The van der Waals surface area contributed by atoms with Crippen LogP contribution in [0.15, 0.2) is 47.4 Å². The Balaban J connectivity index is 0.00000320. The number of methoxy groups -OCH3 is 1. The van der Waals surface area contributed by atoms with E-state index in [-0.39, 0.29) is 75.9 Å². The van der Waals surface area contributed by atoms with Crippen LogP contribution >= 0.6 is 0 Å². The van der Waals surface area contributed by atoms with Gasteiger partial charge < -0.3 is 24.0 Å². The molecule has 3 rings (SSSR count). The maximum Gasteiger partial charge on any atom is 1.00 e. The SMILES string of the molecule is [CH2-]/C=C(/OCCn1cc(N2CCC(O)CC2=O)ccc1=O)c1[c-]cc(OC)cc1.[K+]. The van der Waals surface area contributed by atoms with Gasteiger partial charge in [0, 0.05) is 30.3 Å². The van der Waals surface area contributed by atoms with Crippen molar-refractivity contribution in [1.29, 1.82) is 0 Å². The number of hydrogen-bond acceptors (Lipinski definition) is 5. The molecule has 1 fully saturated rings. The molecule has 1 aromatic heterocycles. The maximum absolute atomic E-state index is 12.2. The van der Waals surface area contributed by atoms with E-state index in [1.807, 2.05) is 6.07 Å². The second-order valence-electron chi connectivity index (χ2n) is 6.67. The number of aliphatic hydroxyl groups is 1. The van der Waals surface area contributed by atoms with E-state index in [1.54, 1.807) is 42.5 Å². The summed E-state index contributed by atoms with van der Waals surface area (Å²) in [5.74, 6) is 1.10. The second kappa shape index (κ2) is 11.7. The fourth-order valence-electron chi connectivity index (χ4n) is 3.13. The van der Waals surface area contributed by atoms with E-state index >= 15 is 0 Å². The van der Waals surface area contributed by atoms with Crippen molar-refractivity contribution in [2.45, 2.75) is 25.5 Å². The average molecular weight is 436 g/mol. The molecule has 1 N–H and O–H groups in total. The number of aliphatic hydroxyl groups excluding tert-OH is 1. The summed E-state index contributed by atoms with van der Waals surface area (Å²) in [6.07, 6.45) is 3.26. The molecule has 30 heavy (non-hydrogen) atoms. The van der Waals surface area contributed by atoms with Crippen molar-refractivity contribution < 1.29 is 70.8 Å². The third-order valence-corrected chi connectivity index (χ3v) is 4.74. The minimum Gasteiger partial charge on any atom is -0.540 e. The molecule has 1 saturated heterocycles. The Kier molecular flexibility index (Phi) is 9.67. The van der Waals surface area contributed by atoms with E-state index in [1.165, 1.54) is 10.6 Å². The summed E-state index contributed by atoms with van der Waals surface area (Å²) in [5.41, 5.74) is 1.19. The summed E-state index contributed by atoms with van der Waals surface area (Å²) in [6.45, 7) is 4.75. The Morgan fingerprint density at radius 1 is 1.33 bits per heavy atom. The maximum atomic E-state index is 12.2. The van der Waals surface area contributed by atoms with Gasteiger partial charge in [-0.05, 0) is 12.5 Å². The molecule has 2 aromatic rings. The number of amides is 1. The van der Waals surface area contributed by atoms with Crippen molar-refractivity contribution in [1.82, 2.24) is 4.57 Å². The van der Waals surface area contributed by atoms with Gasteiger partial charge in [0.2, 0.25) is 5.91 Å². The van der Waals surface area contributed by atoms with E-state index < -0.39 is 6.10 Å². The first-order chi connectivity index (χ1) is 14.0. The fourth-order valence-corrected chi connectivity index (χ4v) is 3.13. The van der Waals surface area contributed by atoms with Crippen LogP contribution in [0.3, 0.4) is 0 Å². The third kappa shape index (κ3) is 6.23. The first-order valence-corrected chi connectivity index (χ1v) is 9.39. The van der Waals surface area contributed by atoms with E-state index in [4.69, 9.17) is 9.47 Å². The molecular formula is C22H24KN2O5-. The number of carbonyl (C=O) groups is 1. The van der Waals surface area contributed by atoms with Gasteiger partial charge in [0.25, 0.3) is 5.56 Å². The molecule has 154 valence electrons. The quantitative estimate of drug-likeness (QED) is 0.344. The summed E-state index contributed by atoms with van der Waals surface area (Å²) < 4.78 is 12.4. The predicted octanol–water partition coefficient (Wildman–Crippen LogP) is -0.959. The van der Waals surface area contributed by atoms with Crippen LogP contribution in [0, 0.1) is 13.0 Å². The Hall–Kier alpha value is -1.55. The van der Waals surface area contributed by atoms with Crippen molar-refractivity contribution in [3.8, 4) is 5.75 Å². The summed E-state index contributed by atoms with van der Waals surface area (Å²) in [7, 11) is 1.59. The van der Waals surface area contributed by atoms with E-state index in [2.05, 4.69) is 13.0 Å². The van der Waals surface area contributed by atoms with E-state index in [0.29, 0.717) is 36.7 Å². The largest absolute Gasteiger partial charge is 1.00 e. The van der Waals surface area contributed by atoms with Crippen LogP contribution in [0.4, 0.5) is 5.69 Å². The smallest absolute Gasteiger partial charge is 0.540 e. The first-order valence-electron chi connectivity index (χ1n) is 9.39. The van der Waals surface area contributed by atoms with Gasteiger partial charge in [-0.2, -0.15) is 6.08 Å². The molecule has 1 aromatic carbocycles. The van der Waals surface area contributed by atoms with Crippen LogP contribution < -0.4 is 66.6 Å². The Morgan fingerprint density at radius 2 is 2.13 bits per heavy atom. The molecule has 0 spiro atoms. The molecule has 0 aliphatic carbocycles. The molecule has 2 heterocycles. The number of anilines is 1. The third-order valence-electron chi connectivity index (χ3n) is 4.74. The number of allylic oxidation sites excluding steroid dienone is 1. The van der Waals surface area contributed by atoms with Gasteiger partial charge in [-0.1, -0.05) is 0 Å². The number of hydrogen-bond donors (Lipinski definition) is 1. The minimum absolute atomic E-state index is 0.